The van der Waals surface area contributed by atoms with Crippen molar-refractivity contribution >= 4 is 97.0 Å². The number of unbranched alkanes of at least 4 members (excludes halogenated alkanes) is 11. The predicted octanol–water partition coefficient (Wildman–Crippen LogP) is 13.7. The van der Waals surface area contributed by atoms with E-state index >= 15 is 0 Å². The molecule has 0 bridgehead atoms. The number of nitrogens with two attached hydrogens (primary N) is 1. The Bertz CT molecular complexity index is 6240. The van der Waals surface area contributed by atoms with Gasteiger partial charge in [0.25, 0.3) is 50.1 Å². The summed E-state index contributed by atoms with van der Waals surface area (Å²) in [5, 5.41) is 16.6. The number of halogens is 1. The molecule has 5 heterocycles. The van der Waals surface area contributed by atoms with Crippen LogP contribution in [-0.2, 0) is 88.4 Å². The molecule has 0 fully saturated rings. The van der Waals surface area contributed by atoms with E-state index in [1.807, 2.05) is 204 Å². The highest BCUT2D eigenvalue weighted by atomic mass is 35.5. The molecule has 15 rings (SSSR count). The summed E-state index contributed by atoms with van der Waals surface area (Å²) in [5.74, 6) is 0.553. The summed E-state index contributed by atoms with van der Waals surface area (Å²) in [6.07, 6.45) is 19.5. The number of aryl methyl sites for hydroxylation is 2. The molecule has 0 saturated carbocycles. The van der Waals surface area contributed by atoms with E-state index in [0.29, 0.717) is 69.7 Å². The minimum absolute atomic E-state index is 0. The molecule has 5 aliphatic heterocycles. The van der Waals surface area contributed by atoms with Crippen molar-refractivity contribution in [3.63, 3.8) is 0 Å². The van der Waals surface area contributed by atoms with Crippen LogP contribution in [0.3, 0.4) is 0 Å². The average Bonchev–Trinajstić information content (AvgIpc) is 1.63. The largest absolute Gasteiger partial charge is 1.00 e. The summed E-state index contributed by atoms with van der Waals surface area (Å²) in [7, 11) is -8.12. The van der Waals surface area contributed by atoms with Gasteiger partial charge in [-0.1, -0.05) is 243 Å². The van der Waals surface area contributed by atoms with Gasteiger partial charge in [-0.25, -0.2) is 42.1 Å². The Morgan fingerprint density at radius 1 is 0.305 bits per heavy atom. The number of para-hydroxylation sites is 5. The van der Waals surface area contributed by atoms with E-state index in [2.05, 4.69) is 53.4 Å². The average molecular weight is 2050 g/mol. The summed E-state index contributed by atoms with van der Waals surface area (Å²) in [6.45, 7) is 21.1. The van der Waals surface area contributed by atoms with Gasteiger partial charge in [-0.15, -0.1) is 0 Å². The number of hydrogen-bond donors (Lipinski definition) is 5. The molecule has 10 aromatic rings. The molecule has 10 aromatic carbocycles. The molecule has 6 N–H and O–H groups in total. The van der Waals surface area contributed by atoms with Gasteiger partial charge in [0.1, 0.15) is 11.8 Å². The van der Waals surface area contributed by atoms with E-state index in [0.717, 1.165) is 142 Å². The maximum Gasteiger partial charge on any atom is 0.373 e. The van der Waals surface area contributed by atoms with Crippen LogP contribution in [0.25, 0.3) is 0 Å². The zero-order valence-electron chi connectivity index (χ0n) is 82.9. The van der Waals surface area contributed by atoms with Crippen LogP contribution in [-0.4, -0.2) is 162 Å². The zero-order chi connectivity index (χ0) is 102. The summed E-state index contributed by atoms with van der Waals surface area (Å²) < 4.78 is 155. The van der Waals surface area contributed by atoms with Crippen LogP contribution in [0.15, 0.2) is 249 Å². The maximum atomic E-state index is 13.3. The lowest BCUT2D eigenvalue weighted by Crippen LogP contribution is -3.00. The summed E-state index contributed by atoms with van der Waals surface area (Å²) >= 11 is 0. The van der Waals surface area contributed by atoms with Gasteiger partial charge in [0.2, 0.25) is 0 Å². The maximum absolute atomic E-state index is 13.3. The van der Waals surface area contributed by atoms with Gasteiger partial charge in [-0.2, -0.15) is 28.8 Å². The monoisotopic (exact) mass is 2050 g/mol. The minimum Gasteiger partial charge on any atom is -1.00 e. The molecule has 5 unspecified atom stereocenters. The highest BCUT2D eigenvalue weighted by Crippen LogP contribution is 2.46. The smallest absolute Gasteiger partial charge is 0.373 e. The number of nitrogens with zero attached hydrogens (tertiary/aromatic N) is 5. The molecule has 35 heteroatoms. The Labute approximate surface area is 841 Å². The van der Waals surface area contributed by atoms with Crippen molar-refractivity contribution in [2.75, 3.05) is 123 Å². The fourth-order valence-corrected chi connectivity index (χ4v) is 25.1. The lowest BCUT2D eigenvalue weighted by molar-refractivity contribution is -0.687. The van der Waals surface area contributed by atoms with Crippen LogP contribution in [0.5, 0.6) is 5.75 Å². The van der Waals surface area contributed by atoms with Crippen molar-refractivity contribution in [3.05, 3.63) is 291 Å². The number of nitrogens with one attached hydrogen (secondary N) is 4. The summed E-state index contributed by atoms with van der Waals surface area (Å²) in [6, 6.07) is 69.5. The Morgan fingerprint density at radius 2 is 0.582 bits per heavy atom. The Hall–Kier alpha value is -11.1. The molecule has 0 aliphatic carbocycles. The van der Waals surface area contributed by atoms with Crippen molar-refractivity contribution in [3.8, 4) is 5.75 Å². The fourth-order valence-electron chi connectivity index (χ4n) is 17.7. The number of benzene rings is 10. The number of fused-ring (bicyclic) bond motifs is 10. The van der Waals surface area contributed by atoms with Crippen molar-refractivity contribution in [1.29, 1.82) is 0 Å². The topological polar surface area (TPSA) is 382 Å². The fraction of sp³-hybridized carbons (Fsp3) is 0.406. The van der Waals surface area contributed by atoms with Gasteiger partial charge in [-0.05, 0) is 209 Å². The number of hydrogen-bond acceptors (Lipinski definition) is 23. The summed E-state index contributed by atoms with van der Waals surface area (Å²) in [4.78, 5) is 50.6. The van der Waals surface area contributed by atoms with Gasteiger partial charge < -0.3 is 53.2 Å². The second kappa shape index (κ2) is 57.9. The Kier molecular flexibility index (Phi) is 48.0. The molecule has 762 valence electrons. The van der Waals surface area contributed by atoms with Crippen LogP contribution in [0, 0.1) is 13.8 Å². The van der Waals surface area contributed by atoms with Crippen molar-refractivity contribution in [2.45, 2.75) is 206 Å². The minimum atomic E-state index is -3.69. The lowest BCUT2D eigenvalue weighted by Gasteiger charge is -2.22. The van der Waals surface area contributed by atoms with E-state index in [1.54, 1.807) is 84.8 Å². The molecule has 0 saturated heterocycles. The van der Waals surface area contributed by atoms with E-state index in [4.69, 9.17) is 43.0 Å². The molecule has 141 heavy (non-hydrogen) atoms. The highest BCUT2D eigenvalue weighted by Gasteiger charge is 2.41. The second-order valence-electron chi connectivity index (χ2n) is 34.0. The molecular formula is C106H137ClN10O19S5. The molecule has 0 amide bonds. The first-order chi connectivity index (χ1) is 67.3. The number of methoxy groups -OCH3 is 1. The zero-order valence-corrected chi connectivity index (χ0v) is 87.8. The summed E-state index contributed by atoms with van der Waals surface area (Å²) in [5.41, 5.74) is 14.6. The first kappa shape index (κ1) is 117. The van der Waals surface area contributed by atoms with Gasteiger partial charge >= 0.3 is 18.5 Å². The first-order valence-electron chi connectivity index (χ1n) is 47.7. The molecule has 29 nitrogen and oxygen atoms in total. The highest BCUT2D eigenvalue weighted by molar-refractivity contribution is 7.94. The van der Waals surface area contributed by atoms with Crippen LogP contribution >= 0.6 is 0 Å². The Balaban J connectivity index is 0.000000234. The van der Waals surface area contributed by atoms with Gasteiger partial charge in [-0.3, -0.25) is 21.5 Å². The van der Waals surface area contributed by atoms with Crippen molar-refractivity contribution in [2.24, 2.45) is 0 Å². The number of sulfonamides is 5. The Morgan fingerprint density at radius 3 is 0.950 bits per heavy atom. The quantitative estimate of drug-likeness (QED) is 0.0238. The van der Waals surface area contributed by atoms with Crippen LogP contribution in [0.4, 0.5) is 28.4 Å². The number of carbonyl (C=O) groups excluding carboxylic acids is 6. The SMILES string of the molecule is CCCCCCCCNC1c2ccccc2N(C)S(=O)(=O)c2cc(C)ccc21.CCCCCCNC1c2ccccc2N(C)S(=O)(=O)c2ccccc21.CCCCCC[NH2+]C1c2ccccc2N(C)S(=O)(=O)c2ccccc21.CCOCCCNC1c2ccccc2N(C)S(=O)(=O)c2cc(C)ccc21.CCOc1ccc2c(c1)S(=O)(=O)N(C)c1ccccc1C2NCCCOC.O=C=O.O=C=O.O=C=O.[Cl-]. The molecular weight excluding hydrogens is 1910 g/mol. The van der Waals surface area contributed by atoms with Gasteiger partial charge in [0, 0.05) is 79.4 Å². The van der Waals surface area contributed by atoms with Crippen LogP contribution < -0.4 is 65.3 Å². The normalized spacial score (nSPS) is 16.9. The van der Waals surface area contributed by atoms with E-state index in [1.165, 1.54) is 92.2 Å². The van der Waals surface area contributed by atoms with Crippen molar-refractivity contribution < 1.29 is 103 Å². The second-order valence-corrected chi connectivity index (χ2v) is 43.7. The van der Waals surface area contributed by atoms with Gasteiger partial charge in [0.15, 0.2) is 0 Å². The molecule has 0 radical (unpaired) electrons. The van der Waals surface area contributed by atoms with Crippen LogP contribution in [0.2, 0.25) is 0 Å². The number of rotatable bonds is 33. The van der Waals surface area contributed by atoms with E-state index in [9.17, 15) is 42.1 Å². The molecule has 5 aliphatic rings. The third-order valence-corrected chi connectivity index (χ3v) is 34.0. The molecule has 5 atom stereocenters. The third kappa shape index (κ3) is 29.8. The molecule has 0 spiro atoms. The number of anilines is 5. The van der Waals surface area contributed by atoms with E-state index in [-0.39, 0.29) is 66.0 Å². The number of ether oxygens (including phenoxy) is 3. The predicted molar refractivity (Wildman–Crippen MR) is 545 cm³/mol. The van der Waals surface area contributed by atoms with Crippen molar-refractivity contribution in [1.82, 2.24) is 21.3 Å². The lowest BCUT2D eigenvalue weighted by atomic mass is 9.96. The van der Waals surface area contributed by atoms with E-state index < -0.39 is 50.1 Å². The first-order valence-corrected chi connectivity index (χ1v) is 54.9. The van der Waals surface area contributed by atoms with Gasteiger partial charge in [0.05, 0.1) is 90.2 Å². The third-order valence-electron chi connectivity index (χ3n) is 24.8. The molecule has 0 aromatic heterocycles. The number of quaternary nitrogens is 1. The standard InChI is InChI=1S/C23H32N2O2S.C20H26N2O4S.C20H26N2O3S.2C20H26N2O2S.3CO2.ClH/c1-4-5-6-7-8-11-16-24-23-19-12-9-10-13-21(19)25(3)28(26,27)22-17-18(2)14-15-20(22)23;1-4-26-15-10-11-17-19(14-15)27(23,24)22(2)18-9-6-5-8-16(18)20(17)21-12-7-13-25-3;1-4-25-13-7-12-21-20-16-8-5-6-9-18(16)22(3)26(23,24)19-14-15(2)10-11-17(19)20;2*1-3-4-5-10-15-21-20-16-11-6-8-13-18(16)22(2)25(23,24)19-14-9-7-12-17(19)20;3*2-1-3;/h9-10,12-15,17,23-24H,4-8,11,16H2,1-3H3;5-6,8-11,14,20-21H,4,7,12-13H2,1-3H3;5-6,8-11,14,20-21H,4,7,12-13H2,1-3H3;2*6-9,11-14,20-21H,3-5,10,15H2,1-2H3;;;;1H. The van der Waals surface area contributed by atoms with Crippen LogP contribution in [0.1, 0.15) is 234 Å².